The van der Waals surface area contributed by atoms with Crippen molar-refractivity contribution in [3.63, 3.8) is 0 Å². The van der Waals surface area contributed by atoms with Gasteiger partial charge in [0.05, 0.1) is 6.10 Å². The second-order valence-electron chi connectivity index (χ2n) is 6.98. The molecule has 0 unspecified atom stereocenters. The van der Waals surface area contributed by atoms with Crippen LogP contribution in [-0.2, 0) is 14.4 Å². The fraction of sp³-hybridized carbons (Fsp3) is 0.526. The molecule has 0 aromatic heterocycles. The normalized spacial score (nSPS) is 18.6. The Morgan fingerprint density at radius 1 is 1.15 bits per heavy atom. The van der Waals surface area contributed by atoms with Gasteiger partial charge < -0.3 is 25.5 Å². The number of nitrogens with zero attached hydrogens (tertiary/aromatic N) is 2. The molecule has 0 bridgehead atoms. The third kappa shape index (κ3) is 5.27. The molecule has 2 aliphatic heterocycles. The van der Waals surface area contributed by atoms with Gasteiger partial charge in [-0.1, -0.05) is 6.07 Å². The van der Waals surface area contributed by atoms with Crippen molar-refractivity contribution < 1.29 is 19.5 Å². The summed E-state index contributed by atoms with van der Waals surface area (Å²) >= 11 is 0. The van der Waals surface area contributed by atoms with Crippen LogP contribution in [0.3, 0.4) is 0 Å². The first kappa shape index (κ1) is 19.3. The van der Waals surface area contributed by atoms with Gasteiger partial charge in [-0.3, -0.25) is 14.4 Å². The number of carbonyl (C=O) groups is 3. The molecular formula is C19H26N4O4. The molecule has 0 spiro atoms. The minimum atomic E-state index is -0.728. The fourth-order valence-electron chi connectivity index (χ4n) is 3.41. The fourth-order valence-corrected chi connectivity index (χ4v) is 3.41. The van der Waals surface area contributed by atoms with Crippen molar-refractivity contribution in [2.45, 2.75) is 31.8 Å². The zero-order chi connectivity index (χ0) is 19.2. The van der Waals surface area contributed by atoms with Crippen LogP contribution in [0.15, 0.2) is 24.3 Å². The topological polar surface area (TPSA) is 102 Å². The first-order valence-electron chi connectivity index (χ1n) is 9.43. The van der Waals surface area contributed by atoms with Gasteiger partial charge in [0.1, 0.15) is 0 Å². The molecular weight excluding hydrogens is 348 g/mol. The number of hydrogen-bond donors (Lipinski definition) is 3. The van der Waals surface area contributed by atoms with Crippen LogP contribution in [-0.4, -0.2) is 66.6 Å². The first-order valence-corrected chi connectivity index (χ1v) is 9.43. The molecule has 0 saturated carbocycles. The van der Waals surface area contributed by atoms with Crippen LogP contribution in [0.1, 0.15) is 25.7 Å². The lowest BCUT2D eigenvalue weighted by Crippen LogP contribution is -2.43. The number of hydrogen-bond acceptors (Lipinski definition) is 5. The number of anilines is 2. The van der Waals surface area contributed by atoms with Crippen LogP contribution in [0, 0.1) is 0 Å². The van der Waals surface area contributed by atoms with Crippen molar-refractivity contribution in [1.82, 2.24) is 10.2 Å². The van der Waals surface area contributed by atoms with Crippen LogP contribution in [0.25, 0.3) is 0 Å². The summed E-state index contributed by atoms with van der Waals surface area (Å²) in [7, 11) is 0. The maximum absolute atomic E-state index is 12.1. The number of aliphatic hydroxyl groups is 1. The van der Waals surface area contributed by atoms with Crippen LogP contribution >= 0.6 is 0 Å². The lowest BCUT2D eigenvalue weighted by Gasteiger charge is -2.29. The van der Waals surface area contributed by atoms with Crippen molar-refractivity contribution in [3.05, 3.63) is 24.3 Å². The van der Waals surface area contributed by atoms with Crippen molar-refractivity contribution >= 4 is 29.1 Å². The summed E-state index contributed by atoms with van der Waals surface area (Å²) in [6.07, 6.45) is 2.62. The minimum absolute atomic E-state index is 0.0708. The molecule has 2 heterocycles. The maximum Gasteiger partial charge on any atom is 0.313 e. The molecule has 3 amide bonds. The quantitative estimate of drug-likeness (QED) is 0.645. The Kier molecular flexibility index (Phi) is 6.41. The number of benzene rings is 1. The summed E-state index contributed by atoms with van der Waals surface area (Å²) in [4.78, 5) is 39.8. The Bertz CT molecular complexity index is 701. The van der Waals surface area contributed by atoms with Crippen LogP contribution in [0.5, 0.6) is 0 Å². The Morgan fingerprint density at radius 3 is 2.63 bits per heavy atom. The zero-order valence-corrected chi connectivity index (χ0v) is 15.3. The van der Waals surface area contributed by atoms with Gasteiger partial charge in [0.15, 0.2) is 0 Å². The maximum atomic E-state index is 12.1. The van der Waals surface area contributed by atoms with E-state index in [1.807, 2.05) is 6.07 Å². The van der Waals surface area contributed by atoms with Crippen molar-refractivity contribution in [1.29, 1.82) is 0 Å². The standard InChI is InChI=1S/C19H26N4O4/c24-16-6-10-22(11-7-16)12-8-20-18(26)19(27)21-14-3-1-4-15(13-14)23-9-2-5-17(23)25/h1,3-4,13,16,24H,2,5-12H2,(H,20,26)(H,21,27). The lowest BCUT2D eigenvalue weighted by atomic mass is 10.1. The lowest BCUT2D eigenvalue weighted by molar-refractivity contribution is -0.136. The van der Waals surface area contributed by atoms with Crippen molar-refractivity contribution in [2.75, 3.05) is 42.9 Å². The third-order valence-corrected chi connectivity index (χ3v) is 4.97. The molecule has 2 aliphatic rings. The van der Waals surface area contributed by atoms with E-state index in [-0.39, 0.29) is 12.0 Å². The molecule has 0 atom stereocenters. The van der Waals surface area contributed by atoms with E-state index < -0.39 is 11.8 Å². The highest BCUT2D eigenvalue weighted by Crippen LogP contribution is 2.24. The van der Waals surface area contributed by atoms with E-state index in [9.17, 15) is 19.5 Å². The van der Waals surface area contributed by atoms with E-state index in [1.165, 1.54) is 0 Å². The average Bonchev–Trinajstić information content (AvgIpc) is 3.09. The van der Waals surface area contributed by atoms with E-state index in [1.54, 1.807) is 23.1 Å². The second-order valence-corrected chi connectivity index (χ2v) is 6.98. The minimum Gasteiger partial charge on any atom is -0.393 e. The molecule has 3 N–H and O–H groups in total. The summed E-state index contributed by atoms with van der Waals surface area (Å²) in [5, 5.41) is 14.7. The molecule has 2 saturated heterocycles. The Labute approximate surface area is 158 Å². The van der Waals surface area contributed by atoms with Crippen molar-refractivity contribution in [3.8, 4) is 0 Å². The number of likely N-dealkylation sites (tertiary alicyclic amines) is 1. The van der Waals surface area contributed by atoms with Gasteiger partial charge >= 0.3 is 11.8 Å². The van der Waals surface area contributed by atoms with Gasteiger partial charge in [0.25, 0.3) is 0 Å². The van der Waals surface area contributed by atoms with Crippen molar-refractivity contribution in [2.24, 2.45) is 0 Å². The summed E-state index contributed by atoms with van der Waals surface area (Å²) in [5.41, 5.74) is 1.21. The Balaban J connectivity index is 1.45. The summed E-state index contributed by atoms with van der Waals surface area (Å²) in [6.45, 7) is 3.30. The molecule has 146 valence electrons. The smallest absolute Gasteiger partial charge is 0.313 e. The highest BCUT2D eigenvalue weighted by Gasteiger charge is 2.22. The molecule has 1 aromatic rings. The first-order chi connectivity index (χ1) is 13.0. The average molecular weight is 374 g/mol. The van der Waals surface area contributed by atoms with E-state index in [0.29, 0.717) is 31.7 Å². The molecule has 1 aromatic carbocycles. The van der Waals surface area contributed by atoms with E-state index in [0.717, 1.165) is 38.0 Å². The second kappa shape index (κ2) is 8.96. The molecule has 0 radical (unpaired) electrons. The largest absolute Gasteiger partial charge is 0.393 e. The predicted octanol–water partition coefficient (Wildman–Crippen LogP) is 0.325. The molecule has 3 rings (SSSR count). The summed E-state index contributed by atoms with van der Waals surface area (Å²) in [6, 6.07) is 6.95. The van der Waals surface area contributed by atoms with Crippen LogP contribution in [0.4, 0.5) is 11.4 Å². The van der Waals surface area contributed by atoms with E-state index >= 15 is 0 Å². The van der Waals surface area contributed by atoms with E-state index in [2.05, 4.69) is 15.5 Å². The molecule has 8 heteroatoms. The number of aliphatic hydroxyl groups excluding tert-OH is 1. The van der Waals surface area contributed by atoms with Gasteiger partial charge in [-0.15, -0.1) is 0 Å². The van der Waals surface area contributed by atoms with Gasteiger partial charge in [0.2, 0.25) is 5.91 Å². The molecule has 8 nitrogen and oxygen atoms in total. The SMILES string of the molecule is O=C(NCCN1CCC(O)CC1)C(=O)Nc1cccc(N2CCCC2=O)c1. The monoisotopic (exact) mass is 374 g/mol. The number of carbonyl (C=O) groups excluding carboxylic acids is 3. The van der Waals surface area contributed by atoms with Gasteiger partial charge in [0, 0.05) is 50.5 Å². The molecule has 27 heavy (non-hydrogen) atoms. The predicted molar refractivity (Wildman–Crippen MR) is 101 cm³/mol. The number of nitrogens with one attached hydrogen (secondary N) is 2. The summed E-state index contributed by atoms with van der Waals surface area (Å²) in [5.74, 6) is -1.34. The molecule has 2 fully saturated rings. The van der Waals surface area contributed by atoms with Crippen LogP contribution in [0.2, 0.25) is 0 Å². The Hall–Kier alpha value is -2.45. The third-order valence-electron chi connectivity index (χ3n) is 4.97. The zero-order valence-electron chi connectivity index (χ0n) is 15.3. The molecule has 0 aliphatic carbocycles. The Morgan fingerprint density at radius 2 is 1.93 bits per heavy atom. The van der Waals surface area contributed by atoms with Gasteiger partial charge in [-0.05, 0) is 37.5 Å². The van der Waals surface area contributed by atoms with Crippen LogP contribution < -0.4 is 15.5 Å². The summed E-state index contributed by atoms with van der Waals surface area (Å²) < 4.78 is 0. The van der Waals surface area contributed by atoms with E-state index in [4.69, 9.17) is 0 Å². The van der Waals surface area contributed by atoms with Gasteiger partial charge in [-0.2, -0.15) is 0 Å². The number of amides is 3. The highest BCUT2D eigenvalue weighted by molar-refractivity contribution is 6.39. The number of rotatable bonds is 5. The van der Waals surface area contributed by atoms with Gasteiger partial charge in [-0.25, -0.2) is 0 Å². The highest BCUT2D eigenvalue weighted by atomic mass is 16.3. The number of piperidine rings is 1.